The lowest BCUT2D eigenvalue weighted by Crippen LogP contribution is -1.97. The second kappa shape index (κ2) is 5.13. The van der Waals surface area contributed by atoms with Gasteiger partial charge in [-0.3, -0.25) is 10.1 Å². The number of hydrogen-bond donors (Lipinski definition) is 0. The molecule has 0 aliphatic carbocycles. The van der Waals surface area contributed by atoms with Gasteiger partial charge in [0.05, 0.1) is 12.0 Å². The van der Waals surface area contributed by atoms with E-state index in [1.807, 2.05) is 6.07 Å². The first-order valence-electron chi connectivity index (χ1n) is 5.13. The summed E-state index contributed by atoms with van der Waals surface area (Å²) in [6.07, 6.45) is 0. The average molecular weight is 246 g/mol. The second-order valence-electron chi connectivity index (χ2n) is 3.35. The molecule has 0 aliphatic heterocycles. The van der Waals surface area contributed by atoms with Crippen molar-refractivity contribution in [3.8, 4) is 17.5 Å². The van der Waals surface area contributed by atoms with Crippen molar-refractivity contribution in [2.75, 3.05) is 7.11 Å². The molecule has 0 N–H and O–H groups in total. The van der Waals surface area contributed by atoms with Gasteiger partial charge in [-0.2, -0.15) is 4.98 Å². The third-order valence-corrected chi connectivity index (χ3v) is 2.18. The van der Waals surface area contributed by atoms with Crippen LogP contribution >= 0.6 is 0 Å². The Labute approximate surface area is 103 Å². The molecule has 0 fully saturated rings. The van der Waals surface area contributed by atoms with Crippen LogP contribution < -0.4 is 9.47 Å². The zero-order valence-corrected chi connectivity index (χ0v) is 9.57. The molecular weight excluding hydrogens is 236 g/mol. The molecule has 0 aliphatic rings. The summed E-state index contributed by atoms with van der Waals surface area (Å²) in [5.41, 5.74) is -0.209. The van der Waals surface area contributed by atoms with E-state index in [1.54, 1.807) is 24.3 Å². The van der Waals surface area contributed by atoms with Crippen LogP contribution in [0.15, 0.2) is 42.5 Å². The number of methoxy groups -OCH3 is 1. The normalized spacial score (nSPS) is 9.83. The van der Waals surface area contributed by atoms with Crippen LogP contribution in [0.2, 0.25) is 0 Å². The molecule has 0 saturated carbocycles. The van der Waals surface area contributed by atoms with Gasteiger partial charge in [-0.25, -0.2) is 0 Å². The first-order valence-corrected chi connectivity index (χ1v) is 5.13. The van der Waals surface area contributed by atoms with Gasteiger partial charge < -0.3 is 9.47 Å². The van der Waals surface area contributed by atoms with Crippen LogP contribution in [0.3, 0.4) is 0 Å². The lowest BCUT2D eigenvalue weighted by molar-refractivity contribution is -0.386. The predicted molar refractivity (Wildman–Crippen MR) is 64.0 cm³/mol. The van der Waals surface area contributed by atoms with E-state index >= 15 is 0 Å². The Morgan fingerprint density at radius 3 is 2.50 bits per heavy atom. The third kappa shape index (κ3) is 2.54. The monoisotopic (exact) mass is 246 g/mol. The summed E-state index contributed by atoms with van der Waals surface area (Å²) in [7, 11) is 1.43. The maximum atomic E-state index is 10.9. The molecule has 1 aromatic heterocycles. The number of nitro groups is 1. The number of aromatic nitrogens is 1. The summed E-state index contributed by atoms with van der Waals surface area (Å²) in [6, 6.07) is 11.4. The molecule has 0 bridgehead atoms. The Bertz CT molecular complexity index is 557. The molecule has 92 valence electrons. The zero-order chi connectivity index (χ0) is 13.0. The van der Waals surface area contributed by atoms with Crippen molar-refractivity contribution in [1.82, 2.24) is 4.98 Å². The Morgan fingerprint density at radius 1 is 1.17 bits per heavy atom. The standard InChI is InChI=1S/C12H10N2O4/c1-17-11-8-7-10(14(15)16)12(13-11)18-9-5-3-2-4-6-9/h2-8H,1H3. The van der Waals surface area contributed by atoms with Gasteiger partial charge in [0.15, 0.2) is 0 Å². The molecule has 0 amide bonds. The van der Waals surface area contributed by atoms with Gasteiger partial charge in [-0.05, 0) is 12.1 Å². The van der Waals surface area contributed by atoms with Crippen LogP contribution in [-0.2, 0) is 0 Å². The van der Waals surface area contributed by atoms with Gasteiger partial charge in [-0.15, -0.1) is 0 Å². The first kappa shape index (κ1) is 11.8. The van der Waals surface area contributed by atoms with Crippen molar-refractivity contribution in [2.24, 2.45) is 0 Å². The molecule has 6 heteroatoms. The van der Waals surface area contributed by atoms with Gasteiger partial charge in [0.2, 0.25) is 5.88 Å². The molecule has 0 spiro atoms. The summed E-state index contributed by atoms with van der Waals surface area (Å²) in [4.78, 5) is 14.2. The van der Waals surface area contributed by atoms with Gasteiger partial charge in [0.1, 0.15) is 5.75 Å². The molecule has 1 aromatic carbocycles. The molecule has 2 rings (SSSR count). The summed E-state index contributed by atoms with van der Waals surface area (Å²) < 4.78 is 10.3. The first-order chi connectivity index (χ1) is 8.70. The van der Waals surface area contributed by atoms with Crippen molar-refractivity contribution in [3.63, 3.8) is 0 Å². The van der Waals surface area contributed by atoms with Crippen LogP contribution in [0, 0.1) is 10.1 Å². The van der Waals surface area contributed by atoms with Crippen molar-refractivity contribution >= 4 is 5.69 Å². The van der Waals surface area contributed by atoms with Crippen molar-refractivity contribution in [3.05, 3.63) is 52.6 Å². The second-order valence-corrected chi connectivity index (χ2v) is 3.35. The third-order valence-electron chi connectivity index (χ3n) is 2.18. The van der Waals surface area contributed by atoms with E-state index in [-0.39, 0.29) is 17.4 Å². The van der Waals surface area contributed by atoms with E-state index in [1.165, 1.54) is 19.2 Å². The van der Waals surface area contributed by atoms with Crippen LogP contribution in [0.5, 0.6) is 17.5 Å². The van der Waals surface area contributed by atoms with Crippen LogP contribution in [0.4, 0.5) is 5.69 Å². The molecule has 0 saturated heterocycles. The Morgan fingerprint density at radius 2 is 1.89 bits per heavy atom. The van der Waals surface area contributed by atoms with Crippen LogP contribution in [-0.4, -0.2) is 17.0 Å². The molecule has 1 heterocycles. The molecule has 0 unspecified atom stereocenters. The number of pyridine rings is 1. The Balaban J connectivity index is 2.38. The van der Waals surface area contributed by atoms with E-state index in [9.17, 15) is 10.1 Å². The number of rotatable bonds is 4. The molecule has 0 radical (unpaired) electrons. The summed E-state index contributed by atoms with van der Waals surface area (Å²) >= 11 is 0. The number of ether oxygens (including phenoxy) is 2. The highest BCUT2D eigenvalue weighted by atomic mass is 16.6. The smallest absolute Gasteiger partial charge is 0.331 e. The highest BCUT2D eigenvalue weighted by Crippen LogP contribution is 2.30. The summed E-state index contributed by atoms with van der Waals surface area (Å²) in [6.45, 7) is 0. The molecule has 0 atom stereocenters. The predicted octanol–water partition coefficient (Wildman–Crippen LogP) is 2.79. The van der Waals surface area contributed by atoms with Crippen molar-refractivity contribution in [2.45, 2.75) is 0 Å². The number of hydrogen-bond acceptors (Lipinski definition) is 5. The lowest BCUT2D eigenvalue weighted by atomic mass is 10.3. The fourth-order valence-electron chi connectivity index (χ4n) is 1.34. The quantitative estimate of drug-likeness (QED) is 0.612. The van der Waals surface area contributed by atoms with Gasteiger partial charge in [0.25, 0.3) is 0 Å². The summed E-state index contributed by atoms with van der Waals surface area (Å²) in [5, 5.41) is 10.9. The maximum absolute atomic E-state index is 10.9. The highest BCUT2D eigenvalue weighted by Gasteiger charge is 2.18. The molecule has 6 nitrogen and oxygen atoms in total. The minimum absolute atomic E-state index is 0.0921. The largest absolute Gasteiger partial charge is 0.481 e. The topological polar surface area (TPSA) is 74.5 Å². The number of nitrogens with zero attached hydrogens (tertiary/aromatic N) is 2. The van der Waals surface area contributed by atoms with E-state index in [2.05, 4.69) is 4.98 Å². The Kier molecular flexibility index (Phi) is 3.38. The zero-order valence-electron chi connectivity index (χ0n) is 9.57. The molecule has 18 heavy (non-hydrogen) atoms. The number of benzene rings is 1. The molecular formula is C12H10N2O4. The van der Waals surface area contributed by atoms with Gasteiger partial charge >= 0.3 is 11.6 Å². The highest BCUT2D eigenvalue weighted by molar-refractivity contribution is 5.45. The minimum atomic E-state index is -0.551. The van der Waals surface area contributed by atoms with Crippen molar-refractivity contribution in [1.29, 1.82) is 0 Å². The fourth-order valence-corrected chi connectivity index (χ4v) is 1.34. The SMILES string of the molecule is COc1ccc([N+](=O)[O-])c(Oc2ccccc2)n1. The number of para-hydroxylation sites is 1. The van der Waals surface area contributed by atoms with Gasteiger partial charge in [0, 0.05) is 12.1 Å². The van der Waals surface area contributed by atoms with E-state index < -0.39 is 4.92 Å². The average Bonchev–Trinajstić information content (AvgIpc) is 2.39. The minimum Gasteiger partial charge on any atom is -0.481 e. The van der Waals surface area contributed by atoms with E-state index in [4.69, 9.17) is 9.47 Å². The Hall–Kier alpha value is -2.63. The van der Waals surface area contributed by atoms with Crippen LogP contribution in [0.1, 0.15) is 0 Å². The van der Waals surface area contributed by atoms with Crippen molar-refractivity contribution < 1.29 is 14.4 Å². The van der Waals surface area contributed by atoms with E-state index in [0.717, 1.165) is 0 Å². The molecule has 2 aromatic rings. The van der Waals surface area contributed by atoms with Gasteiger partial charge in [-0.1, -0.05) is 18.2 Å². The maximum Gasteiger partial charge on any atom is 0.331 e. The fraction of sp³-hybridized carbons (Fsp3) is 0.0833. The van der Waals surface area contributed by atoms with Crippen LogP contribution in [0.25, 0.3) is 0 Å². The van der Waals surface area contributed by atoms with E-state index in [0.29, 0.717) is 5.75 Å². The lowest BCUT2D eigenvalue weighted by Gasteiger charge is -2.06. The summed E-state index contributed by atoms with van der Waals surface area (Å²) in [5.74, 6) is 0.637.